The van der Waals surface area contributed by atoms with Gasteiger partial charge in [-0.3, -0.25) is 9.59 Å². The molecular formula is C24H28N2O2S. The Hall–Kier alpha value is -2.27. The van der Waals surface area contributed by atoms with Crippen molar-refractivity contribution in [2.24, 2.45) is 0 Å². The molecule has 0 unspecified atom stereocenters. The summed E-state index contributed by atoms with van der Waals surface area (Å²) in [5.41, 5.74) is 3.81. The molecule has 4 rings (SSSR count). The minimum Gasteiger partial charge on any atom is -0.338 e. The van der Waals surface area contributed by atoms with Crippen LogP contribution in [0.2, 0.25) is 0 Å². The summed E-state index contributed by atoms with van der Waals surface area (Å²) in [6.45, 7) is 6.28. The van der Waals surface area contributed by atoms with Gasteiger partial charge < -0.3 is 9.80 Å². The highest BCUT2D eigenvalue weighted by Gasteiger charge is 2.47. The number of nitrogens with zero attached hydrogens (tertiary/aromatic N) is 2. The van der Waals surface area contributed by atoms with Gasteiger partial charge in [0.1, 0.15) is 0 Å². The van der Waals surface area contributed by atoms with Crippen LogP contribution in [-0.2, 0) is 6.42 Å². The number of aryl methyl sites for hydroxylation is 2. The van der Waals surface area contributed by atoms with Crippen LogP contribution in [0.4, 0.5) is 0 Å². The lowest BCUT2D eigenvalue weighted by molar-refractivity contribution is 0.0497. The summed E-state index contributed by atoms with van der Waals surface area (Å²) < 4.78 is 0. The number of carbonyl (C=O) groups excluding carboxylic acids is 2. The van der Waals surface area contributed by atoms with Crippen LogP contribution in [-0.4, -0.2) is 51.9 Å². The summed E-state index contributed by atoms with van der Waals surface area (Å²) in [6.07, 6.45) is 2.63. The van der Waals surface area contributed by atoms with Crippen LogP contribution in [0.5, 0.6) is 0 Å². The fourth-order valence-electron chi connectivity index (χ4n) is 4.39. The van der Waals surface area contributed by atoms with Crippen molar-refractivity contribution in [3.05, 3.63) is 70.8 Å². The van der Waals surface area contributed by atoms with Crippen LogP contribution in [0, 0.1) is 6.92 Å². The van der Waals surface area contributed by atoms with Crippen molar-refractivity contribution in [1.82, 2.24) is 9.80 Å². The summed E-state index contributed by atoms with van der Waals surface area (Å²) in [7, 11) is 0. The average molecular weight is 409 g/mol. The molecule has 2 saturated heterocycles. The third-order valence-corrected chi connectivity index (χ3v) is 7.79. The average Bonchev–Trinajstić information content (AvgIpc) is 3.16. The van der Waals surface area contributed by atoms with E-state index in [0.717, 1.165) is 48.3 Å². The van der Waals surface area contributed by atoms with Crippen molar-refractivity contribution in [2.45, 2.75) is 38.0 Å². The van der Waals surface area contributed by atoms with E-state index in [1.165, 1.54) is 5.56 Å². The monoisotopic (exact) mass is 408 g/mol. The lowest BCUT2D eigenvalue weighted by Gasteiger charge is -2.44. The maximum atomic E-state index is 13.3. The zero-order chi connectivity index (χ0) is 20.4. The first-order chi connectivity index (χ1) is 14.0. The van der Waals surface area contributed by atoms with Crippen LogP contribution in [0.15, 0.2) is 48.5 Å². The topological polar surface area (TPSA) is 40.6 Å². The third kappa shape index (κ3) is 3.80. The molecule has 4 nitrogen and oxygen atoms in total. The molecule has 29 heavy (non-hydrogen) atoms. The first-order valence-electron chi connectivity index (χ1n) is 10.4. The minimum atomic E-state index is -0.178. The molecule has 0 aromatic heterocycles. The van der Waals surface area contributed by atoms with Gasteiger partial charge in [0.05, 0.1) is 4.87 Å². The Kier molecular flexibility index (Phi) is 5.68. The van der Waals surface area contributed by atoms with Crippen LogP contribution < -0.4 is 0 Å². The summed E-state index contributed by atoms with van der Waals surface area (Å²) in [4.78, 5) is 30.0. The number of rotatable bonds is 3. The van der Waals surface area contributed by atoms with E-state index >= 15 is 0 Å². The van der Waals surface area contributed by atoms with E-state index in [1.54, 1.807) is 0 Å². The Morgan fingerprint density at radius 3 is 2.31 bits per heavy atom. The summed E-state index contributed by atoms with van der Waals surface area (Å²) in [5, 5.41) is 0. The molecule has 152 valence electrons. The van der Waals surface area contributed by atoms with Crippen molar-refractivity contribution in [3.8, 4) is 0 Å². The second kappa shape index (κ2) is 8.23. The third-order valence-electron chi connectivity index (χ3n) is 6.24. The molecule has 0 N–H and O–H groups in total. The second-order valence-electron chi connectivity index (χ2n) is 7.91. The first-order valence-corrected chi connectivity index (χ1v) is 11.4. The molecular weight excluding hydrogens is 380 g/mol. The zero-order valence-corrected chi connectivity index (χ0v) is 18.0. The molecule has 0 bridgehead atoms. The maximum Gasteiger partial charge on any atom is 0.255 e. The van der Waals surface area contributed by atoms with Gasteiger partial charge in [0.25, 0.3) is 11.8 Å². The summed E-state index contributed by atoms with van der Waals surface area (Å²) >= 11 is 1.88. The predicted octanol–water partition coefficient (Wildman–Crippen LogP) is 4.38. The lowest BCUT2D eigenvalue weighted by Crippen LogP contribution is -2.53. The summed E-state index contributed by atoms with van der Waals surface area (Å²) in [6, 6.07) is 15.8. The van der Waals surface area contributed by atoms with Gasteiger partial charge in [-0.15, -0.1) is 11.8 Å². The second-order valence-corrected chi connectivity index (χ2v) is 9.37. The molecule has 2 amide bonds. The van der Waals surface area contributed by atoms with Crippen molar-refractivity contribution in [3.63, 3.8) is 0 Å². The van der Waals surface area contributed by atoms with Crippen LogP contribution in [0.1, 0.15) is 51.6 Å². The van der Waals surface area contributed by atoms with Crippen LogP contribution >= 0.6 is 11.8 Å². The number of thioether (sulfide) groups is 1. The van der Waals surface area contributed by atoms with E-state index in [-0.39, 0.29) is 16.7 Å². The minimum absolute atomic E-state index is 0.0993. The molecule has 2 heterocycles. The van der Waals surface area contributed by atoms with E-state index in [2.05, 4.69) is 11.8 Å². The SMILES string of the molecule is CCc1ccc(C(=O)N2CCC3(CC2)SCCN3C(=O)c2ccccc2C)cc1. The molecule has 5 heteroatoms. The van der Waals surface area contributed by atoms with Gasteiger partial charge in [-0.2, -0.15) is 0 Å². The predicted molar refractivity (Wildman–Crippen MR) is 118 cm³/mol. The van der Waals surface area contributed by atoms with E-state index in [9.17, 15) is 9.59 Å². The van der Waals surface area contributed by atoms with Crippen molar-refractivity contribution in [2.75, 3.05) is 25.4 Å². The van der Waals surface area contributed by atoms with E-state index in [1.807, 2.05) is 72.1 Å². The first kappa shape index (κ1) is 20.0. The molecule has 0 atom stereocenters. The van der Waals surface area contributed by atoms with Gasteiger partial charge in [0.2, 0.25) is 0 Å². The zero-order valence-electron chi connectivity index (χ0n) is 17.2. The standard InChI is InChI=1S/C24H28N2O2S/c1-3-19-8-10-20(11-9-19)22(27)25-14-12-24(13-15-25)26(16-17-29-24)23(28)21-7-5-4-6-18(21)2/h4-11H,3,12-17H2,1-2H3. The number of hydrogen-bond donors (Lipinski definition) is 0. The van der Waals surface area contributed by atoms with Gasteiger partial charge >= 0.3 is 0 Å². The van der Waals surface area contributed by atoms with Crippen molar-refractivity contribution < 1.29 is 9.59 Å². The normalized spacial score (nSPS) is 18.3. The van der Waals surface area contributed by atoms with Gasteiger partial charge in [0, 0.05) is 36.5 Å². The fraction of sp³-hybridized carbons (Fsp3) is 0.417. The molecule has 0 radical (unpaired) electrons. The van der Waals surface area contributed by atoms with Gasteiger partial charge in [0.15, 0.2) is 0 Å². The molecule has 0 aliphatic carbocycles. The Bertz CT molecular complexity index is 901. The van der Waals surface area contributed by atoms with Crippen molar-refractivity contribution in [1.29, 1.82) is 0 Å². The molecule has 2 aromatic carbocycles. The largest absolute Gasteiger partial charge is 0.338 e. The number of piperidine rings is 1. The molecule has 2 aromatic rings. The molecule has 2 aliphatic heterocycles. The Balaban J connectivity index is 1.46. The molecule has 2 fully saturated rings. The van der Waals surface area contributed by atoms with Crippen LogP contribution in [0.3, 0.4) is 0 Å². The smallest absolute Gasteiger partial charge is 0.255 e. The van der Waals surface area contributed by atoms with Gasteiger partial charge in [-0.1, -0.05) is 37.3 Å². The Labute approximate surface area is 177 Å². The van der Waals surface area contributed by atoms with E-state index < -0.39 is 0 Å². The maximum absolute atomic E-state index is 13.3. The fourth-order valence-corrected chi connectivity index (χ4v) is 5.85. The Morgan fingerprint density at radius 2 is 1.66 bits per heavy atom. The summed E-state index contributed by atoms with van der Waals surface area (Å²) in [5.74, 6) is 1.19. The van der Waals surface area contributed by atoms with E-state index in [0.29, 0.717) is 13.1 Å². The Morgan fingerprint density at radius 1 is 0.966 bits per heavy atom. The quantitative estimate of drug-likeness (QED) is 0.757. The number of carbonyl (C=O) groups is 2. The highest BCUT2D eigenvalue weighted by Crippen LogP contribution is 2.44. The molecule has 2 aliphatic rings. The van der Waals surface area contributed by atoms with Gasteiger partial charge in [-0.05, 0) is 55.5 Å². The van der Waals surface area contributed by atoms with Crippen LogP contribution in [0.25, 0.3) is 0 Å². The molecule has 0 saturated carbocycles. The van der Waals surface area contributed by atoms with Gasteiger partial charge in [-0.25, -0.2) is 0 Å². The molecule has 1 spiro atoms. The number of benzene rings is 2. The van der Waals surface area contributed by atoms with E-state index in [4.69, 9.17) is 0 Å². The highest BCUT2D eigenvalue weighted by atomic mass is 32.2. The number of likely N-dealkylation sites (tertiary alicyclic amines) is 1. The van der Waals surface area contributed by atoms with Crippen molar-refractivity contribution >= 4 is 23.6 Å². The number of hydrogen-bond acceptors (Lipinski definition) is 3. The highest BCUT2D eigenvalue weighted by molar-refractivity contribution is 8.00. The lowest BCUT2D eigenvalue weighted by atomic mass is 9.99. The number of amides is 2.